The summed E-state index contributed by atoms with van der Waals surface area (Å²) in [5.41, 5.74) is 2.85. The highest BCUT2D eigenvalue weighted by molar-refractivity contribution is 5.60. The van der Waals surface area contributed by atoms with E-state index in [1.165, 1.54) is 37.1 Å². The van der Waals surface area contributed by atoms with Gasteiger partial charge in [0, 0.05) is 24.7 Å². The van der Waals surface area contributed by atoms with E-state index < -0.39 is 0 Å². The van der Waals surface area contributed by atoms with E-state index in [1.54, 1.807) is 0 Å². The number of hydrogen-bond donors (Lipinski definition) is 1. The first-order valence-electron chi connectivity index (χ1n) is 7.26. The molecule has 0 bridgehead atoms. The number of nitrogens with zero attached hydrogens (tertiary/aromatic N) is 1. The highest BCUT2D eigenvalue weighted by Crippen LogP contribution is 2.40. The predicted molar refractivity (Wildman–Crippen MR) is 75.0 cm³/mol. The fourth-order valence-electron chi connectivity index (χ4n) is 3.36. The first-order chi connectivity index (χ1) is 8.74. The number of aliphatic hydroxyl groups excluding tert-OH is 1. The Morgan fingerprint density at radius 3 is 2.78 bits per heavy atom. The van der Waals surface area contributed by atoms with E-state index >= 15 is 0 Å². The average Bonchev–Trinajstić information content (AvgIpc) is 2.62. The molecule has 0 aromatic heterocycles. The van der Waals surface area contributed by atoms with Crippen molar-refractivity contribution in [1.82, 2.24) is 0 Å². The molecule has 1 aromatic carbocycles. The number of rotatable bonds is 4. The van der Waals surface area contributed by atoms with Crippen molar-refractivity contribution in [2.75, 3.05) is 18.0 Å². The van der Waals surface area contributed by atoms with Crippen molar-refractivity contribution >= 4 is 5.69 Å². The molecule has 0 saturated heterocycles. The summed E-state index contributed by atoms with van der Waals surface area (Å²) in [6.45, 7) is 4.21. The molecule has 1 aliphatic heterocycles. The monoisotopic (exact) mass is 245 g/mol. The van der Waals surface area contributed by atoms with E-state index in [1.807, 2.05) is 6.92 Å². The van der Waals surface area contributed by atoms with Crippen molar-refractivity contribution in [2.45, 2.75) is 44.6 Å². The summed E-state index contributed by atoms with van der Waals surface area (Å²) in [5, 5.41) is 9.65. The number of benzene rings is 1. The lowest BCUT2D eigenvalue weighted by atomic mass is 9.85. The first-order valence-corrected chi connectivity index (χ1v) is 7.26. The van der Waals surface area contributed by atoms with Crippen LogP contribution in [0.25, 0.3) is 0 Å². The molecule has 1 aliphatic carbocycles. The third-order valence-electron chi connectivity index (χ3n) is 4.49. The maximum atomic E-state index is 9.65. The van der Waals surface area contributed by atoms with Crippen LogP contribution in [-0.2, 0) is 0 Å². The Morgan fingerprint density at radius 1 is 1.33 bits per heavy atom. The normalized spacial score (nSPS) is 24.8. The predicted octanol–water partition coefficient (Wildman–Crippen LogP) is 3.16. The minimum absolute atomic E-state index is 0.202. The van der Waals surface area contributed by atoms with E-state index in [0.717, 1.165) is 18.9 Å². The number of aliphatic hydroxyl groups is 1. The largest absolute Gasteiger partial charge is 0.393 e. The molecule has 98 valence electrons. The van der Waals surface area contributed by atoms with Crippen molar-refractivity contribution in [3.8, 4) is 0 Å². The second-order valence-electron chi connectivity index (χ2n) is 6.04. The van der Waals surface area contributed by atoms with Gasteiger partial charge in [-0.3, -0.25) is 0 Å². The molecule has 1 heterocycles. The molecule has 1 fully saturated rings. The third kappa shape index (κ3) is 2.26. The van der Waals surface area contributed by atoms with E-state index in [0.29, 0.717) is 5.92 Å². The minimum Gasteiger partial charge on any atom is -0.393 e. The zero-order chi connectivity index (χ0) is 12.5. The molecule has 0 spiro atoms. The molecular formula is C16H23NO. The molecule has 2 aliphatic rings. The summed E-state index contributed by atoms with van der Waals surface area (Å²) in [7, 11) is 0. The maximum absolute atomic E-state index is 9.65. The van der Waals surface area contributed by atoms with Gasteiger partial charge in [0.15, 0.2) is 0 Å². The quantitative estimate of drug-likeness (QED) is 0.880. The van der Waals surface area contributed by atoms with E-state index in [2.05, 4.69) is 29.2 Å². The summed E-state index contributed by atoms with van der Waals surface area (Å²) in [6, 6.07) is 8.75. The number of fused-ring (bicyclic) bond motifs is 1. The van der Waals surface area contributed by atoms with E-state index in [-0.39, 0.29) is 6.10 Å². The molecule has 2 unspecified atom stereocenters. The van der Waals surface area contributed by atoms with Crippen molar-refractivity contribution < 1.29 is 5.11 Å². The van der Waals surface area contributed by atoms with Gasteiger partial charge in [-0.25, -0.2) is 0 Å². The van der Waals surface area contributed by atoms with Gasteiger partial charge in [-0.05, 0) is 43.7 Å². The van der Waals surface area contributed by atoms with Crippen molar-refractivity contribution in [2.24, 2.45) is 5.92 Å². The molecular weight excluding hydrogens is 222 g/mol. The standard InChI is InChI=1S/C16H23NO/c1-12(18)9-14-11-17(10-13-5-4-6-13)16-8-3-2-7-15(14)16/h2-3,7-8,12-14,18H,4-6,9-11H2,1H3. The van der Waals surface area contributed by atoms with Gasteiger partial charge < -0.3 is 10.0 Å². The van der Waals surface area contributed by atoms with E-state index in [9.17, 15) is 5.11 Å². The van der Waals surface area contributed by atoms with Gasteiger partial charge in [0.1, 0.15) is 0 Å². The SMILES string of the molecule is CC(O)CC1CN(CC2CCC2)c2ccccc21. The minimum atomic E-state index is -0.202. The van der Waals surface area contributed by atoms with Gasteiger partial charge in [-0.2, -0.15) is 0 Å². The van der Waals surface area contributed by atoms with Gasteiger partial charge in [-0.1, -0.05) is 24.6 Å². The lowest BCUT2D eigenvalue weighted by Crippen LogP contribution is -2.32. The molecule has 18 heavy (non-hydrogen) atoms. The molecule has 2 heteroatoms. The number of para-hydroxylation sites is 1. The molecule has 0 amide bonds. The van der Waals surface area contributed by atoms with Crippen LogP contribution in [0, 0.1) is 5.92 Å². The van der Waals surface area contributed by atoms with Crippen LogP contribution in [0.4, 0.5) is 5.69 Å². The van der Waals surface area contributed by atoms with Crippen LogP contribution < -0.4 is 4.90 Å². The van der Waals surface area contributed by atoms with Crippen LogP contribution in [0.1, 0.15) is 44.1 Å². The van der Waals surface area contributed by atoms with Crippen LogP contribution >= 0.6 is 0 Å². The molecule has 0 radical (unpaired) electrons. The number of hydrogen-bond acceptors (Lipinski definition) is 2. The smallest absolute Gasteiger partial charge is 0.0518 e. The van der Waals surface area contributed by atoms with Crippen molar-refractivity contribution in [3.05, 3.63) is 29.8 Å². The van der Waals surface area contributed by atoms with Gasteiger partial charge in [0.05, 0.1) is 6.10 Å². The first kappa shape index (κ1) is 12.0. The Hall–Kier alpha value is -1.02. The summed E-state index contributed by atoms with van der Waals surface area (Å²) in [4.78, 5) is 2.55. The van der Waals surface area contributed by atoms with Gasteiger partial charge in [0.25, 0.3) is 0 Å². The summed E-state index contributed by atoms with van der Waals surface area (Å²) in [6.07, 6.45) is 4.90. The zero-order valence-corrected chi connectivity index (χ0v) is 11.2. The molecule has 2 atom stereocenters. The highest BCUT2D eigenvalue weighted by Gasteiger charge is 2.31. The van der Waals surface area contributed by atoms with Crippen LogP contribution in [0.3, 0.4) is 0 Å². The lowest BCUT2D eigenvalue weighted by molar-refractivity contribution is 0.175. The fraction of sp³-hybridized carbons (Fsp3) is 0.625. The highest BCUT2D eigenvalue weighted by atomic mass is 16.3. The lowest BCUT2D eigenvalue weighted by Gasteiger charge is -2.31. The Kier molecular flexibility index (Phi) is 3.29. The van der Waals surface area contributed by atoms with E-state index in [4.69, 9.17) is 0 Å². The van der Waals surface area contributed by atoms with Crippen LogP contribution in [-0.4, -0.2) is 24.3 Å². The van der Waals surface area contributed by atoms with Gasteiger partial charge >= 0.3 is 0 Å². The zero-order valence-electron chi connectivity index (χ0n) is 11.2. The fourth-order valence-corrected chi connectivity index (χ4v) is 3.36. The average molecular weight is 245 g/mol. The summed E-state index contributed by atoms with van der Waals surface area (Å²) < 4.78 is 0. The van der Waals surface area contributed by atoms with Gasteiger partial charge in [0.2, 0.25) is 0 Å². The van der Waals surface area contributed by atoms with Crippen molar-refractivity contribution in [1.29, 1.82) is 0 Å². The topological polar surface area (TPSA) is 23.5 Å². The van der Waals surface area contributed by atoms with Crippen LogP contribution in [0.15, 0.2) is 24.3 Å². The Labute approximate surface area is 110 Å². The second-order valence-corrected chi connectivity index (χ2v) is 6.04. The summed E-state index contributed by atoms with van der Waals surface area (Å²) >= 11 is 0. The van der Waals surface area contributed by atoms with Gasteiger partial charge in [-0.15, -0.1) is 0 Å². The second kappa shape index (κ2) is 4.93. The number of anilines is 1. The molecule has 1 aromatic rings. The molecule has 1 saturated carbocycles. The van der Waals surface area contributed by atoms with Crippen LogP contribution in [0.5, 0.6) is 0 Å². The molecule has 1 N–H and O–H groups in total. The Bertz CT molecular complexity index is 411. The molecule has 3 rings (SSSR count). The maximum Gasteiger partial charge on any atom is 0.0518 e. The Morgan fingerprint density at radius 2 is 2.11 bits per heavy atom. The van der Waals surface area contributed by atoms with Crippen molar-refractivity contribution in [3.63, 3.8) is 0 Å². The Balaban J connectivity index is 1.77. The summed E-state index contributed by atoms with van der Waals surface area (Å²) in [5.74, 6) is 1.42. The van der Waals surface area contributed by atoms with Crippen LogP contribution in [0.2, 0.25) is 0 Å². The molecule has 2 nitrogen and oxygen atoms in total. The third-order valence-corrected chi connectivity index (χ3v) is 4.49.